The first kappa shape index (κ1) is 12.2. The molecule has 1 fully saturated rings. The van der Waals surface area contributed by atoms with Crippen molar-refractivity contribution in [3.05, 3.63) is 28.8 Å². The average molecular weight is 254 g/mol. The van der Waals surface area contributed by atoms with Gasteiger partial charge in [-0.1, -0.05) is 18.5 Å². The van der Waals surface area contributed by atoms with Gasteiger partial charge >= 0.3 is 0 Å². The molecule has 0 aliphatic heterocycles. The number of hydrogen-bond donors (Lipinski definition) is 3. The monoisotopic (exact) mass is 253 g/mol. The van der Waals surface area contributed by atoms with Gasteiger partial charge in [0.15, 0.2) is 0 Å². The summed E-state index contributed by atoms with van der Waals surface area (Å²) in [6, 6.07) is 5.00. The lowest BCUT2D eigenvalue weighted by atomic mass is 10.1. The van der Waals surface area contributed by atoms with Crippen molar-refractivity contribution in [3.63, 3.8) is 0 Å². The number of carbonyl (C=O) groups excluding carboxylic acids is 1. The Morgan fingerprint density at radius 2 is 2.29 bits per heavy atom. The van der Waals surface area contributed by atoms with Gasteiger partial charge in [-0.2, -0.15) is 0 Å². The number of hydrogen-bond acceptors (Lipinski definition) is 3. The maximum atomic E-state index is 12.0. The van der Waals surface area contributed by atoms with E-state index in [-0.39, 0.29) is 5.91 Å². The number of nitrogens with two attached hydrogens (primary N) is 1. The molecule has 0 radical (unpaired) electrons. The predicted molar refractivity (Wildman–Crippen MR) is 68.9 cm³/mol. The van der Waals surface area contributed by atoms with Gasteiger partial charge in [0.1, 0.15) is 0 Å². The van der Waals surface area contributed by atoms with Crippen LogP contribution in [0, 0.1) is 11.8 Å². The van der Waals surface area contributed by atoms with Crippen molar-refractivity contribution in [2.24, 2.45) is 17.7 Å². The van der Waals surface area contributed by atoms with Crippen LogP contribution in [0.1, 0.15) is 23.7 Å². The SMILES string of the molecule is CC1CC1CNC(=O)c1cc(Cl)ccc1NN. The summed E-state index contributed by atoms with van der Waals surface area (Å²) in [5.74, 6) is 6.56. The minimum Gasteiger partial charge on any atom is -0.352 e. The summed E-state index contributed by atoms with van der Waals surface area (Å²) in [6.07, 6.45) is 1.19. The zero-order valence-electron chi connectivity index (χ0n) is 9.66. The first-order chi connectivity index (χ1) is 8.11. The fourth-order valence-corrected chi connectivity index (χ4v) is 2.00. The van der Waals surface area contributed by atoms with E-state index >= 15 is 0 Å². The summed E-state index contributed by atoms with van der Waals surface area (Å²) in [7, 11) is 0. The molecule has 0 aromatic heterocycles. The molecular weight excluding hydrogens is 238 g/mol. The Morgan fingerprint density at radius 1 is 1.59 bits per heavy atom. The lowest BCUT2D eigenvalue weighted by Crippen LogP contribution is -2.27. The first-order valence-corrected chi connectivity index (χ1v) is 6.04. The van der Waals surface area contributed by atoms with Crippen molar-refractivity contribution < 1.29 is 4.79 Å². The number of carbonyl (C=O) groups is 1. The summed E-state index contributed by atoms with van der Waals surface area (Å²) < 4.78 is 0. The minimum absolute atomic E-state index is 0.139. The molecule has 4 nitrogen and oxygen atoms in total. The van der Waals surface area contributed by atoms with Crippen LogP contribution in [0.5, 0.6) is 0 Å². The number of nitrogens with one attached hydrogen (secondary N) is 2. The highest BCUT2D eigenvalue weighted by molar-refractivity contribution is 6.31. The van der Waals surface area contributed by atoms with Gasteiger partial charge in [-0.05, 0) is 36.5 Å². The normalized spacial score (nSPS) is 22.1. The number of halogens is 1. The molecule has 1 amide bonds. The summed E-state index contributed by atoms with van der Waals surface area (Å²) in [6.45, 7) is 2.90. The van der Waals surface area contributed by atoms with Gasteiger partial charge in [0.05, 0.1) is 11.3 Å². The highest BCUT2D eigenvalue weighted by Crippen LogP contribution is 2.36. The van der Waals surface area contributed by atoms with E-state index in [1.807, 2.05) is 0 Å². The first-order valence-electron chi connectivity index (χ1n) is 5.66. The van der Waals surface area contributed by atoms with E-state index in [1.54, 1.807) is 18.2 Å². The molecule has 2 atom stereocenters. The topological polar surface area (TPSA) is 67.2 Å². The molecule has 1 aliphatic carbocycles. The molecule has 0 bridgehead atoms. The van der Waals surface area contributed by atoms with Crippen molar-refractivity contribution in [2.75, 3.05) is 12.0 Å². The Labute approximate surface area is 105 Å². The van der Waals surface area contributed by atoms with Crippen molar-refractivity contribution in [1.29, 1.82) is 0 Å². The van der Waals surface area contributed by atoms with Crippen LogP contribution in [0.4, 0.5) is 5.69 Å². The van der Waals surface area contributed by atoms with E-state index < -0.39 is 0 Å². The van der Waals surface area contributed by atoms with Crippen molar-refractivity contribution in [2.45, 2.75) is 13.3 Å². The standard InChI is InChI=1S/C12H16ClN3O/c1-7-4-8(7)6-15-12(17)10-5-9(13)2-3-11(10)16-14/h2-3,5,7-8,16H,4,6,14H2,1H3,(H,15,17). The van der Waals surface area contributed by atoms with Crippen molar-refractivity contribution >= 4 is 23.2 Å². The number of benzene rings is 1. The molecule has 0 heterocycles. The summed E-state index contributed by atoms with van der Waals surface area (Å²) in [5, 5.41) is 3.42. The molecule has 2 unspecified atom stereocenters. The predicted octanol–water partition coefficient (Wildman–Crippen LogP) is 2.01. The smallest absolute Gasteiger partial charge is 0.253 e. The average Bonchev–Trinajstić information content (AvgIpc) is 3.02. The van der Waals surface area contributed by atoms with Crippen LogP contribution in [-0.2, 0) is 0 Å². The Kier molecular flexibility index (Phi) is 3.54. The Morgan fingerprint density at radius 3 is 2.88 bits per heavy atom. The molecular formula is C12H16ClN3O. The van der Waals surface area contributed by atoms with Crippen LogP contribution < -0.4 is 16.6 Å². The third-order valence-corrected chi connectivity index (χ3v) is 3.42. The molecule has 1 aliphatic rings. The molecule has 1 saturated carbocycles. The van der Waals surface area contributed by atoms with Crippen LogP contribution in [0.3, 0.4) is 0 Å². The Balaban J connectivity index is 2.04. The second-order valence-electron chi connectivity index (χ2n) is 4.52. The van der Waals surface area contributed by atoms with Crippen LogP contribution in [0.25, 0.3) is 0 Å². The quantitative estimate of drug-likeness (QED) is 0.568. The van der Waals surface area contributed by atoms with Crippen molar-refractivity contribution in [3.8, 4) is 0 Å². The Hall–Kier alpha value is -1.26. The Bertz CT molecular complexity index is 436. The number of rotatable bonds is 4. The van der Waals surface area contributed by atoms with E-state index in [0.29, 0.717) is 22.2 Å². The van der Waals surface area contributed by atoms with E-state index in [4.69, 9.17) is 17.4 Å². The summed E-state index contributed by atoms with van der Waals surface area (Å²) in [4.78, 5) is 12.0. The van der Waals surface area contributed by atoms with Crippen molar-refractivity contribution in [1.82, 2.24) is 5.32 Å². The van der Waals surface area contributed by atoms with Gasteiger partial charge in [0.2, 0.25) is 0 Å². The van der Waals surface area contributed by atoms with Gasteiger partial charge in [0, 0.05) is 11.6 Å². The molecule has 2 rings (SSSR count). The molecule has 17 heavy (non-hydrogen) atoms. The second kappa shape index (κ2) is 4.94. The zero-order valence-corrected chi connectivity index (χ0v) is 10.4. The van der Waals surface area contributed by atoms with Crippen LogP contribution in [-0.4, -0.2) is 12.5 Å². The van der Waals surface area contributed by atoms with Crippen LogP contribution >= 0.6 is 11.6 Å². The molecule has 1 aromatic rings. The van der Waals surface area contributed by atoms with Gasteiger partial charge in [-0.3, -0.25) is 10.6 Å². The third-order valence-electron chi connectivity index (χ3n) is 3.18. The van der Waals surface area contributed by atoms with Crippen LogP contribution in [0.15, 0.2) is 18.2 Å². The van der Waals surface area contributed by atoms with E-state index in [9.17, 15) is 4.79 Å². The van der Waals surface area contributed by atoms with E-state index in [2.05, 4.69) is 17.7 Å². The fraction of sp³-hybridized carbons (Fsp3) is 0.417. The fourth-order valence-electron chi connectivity index (χ4n) is 1.83. The van der Waals surface area contributed by atoms with E-state index in [0.717, 1.165) is 12.5 Å². The molecule has 92 valence electrons. The zero-order chi connectivity index (χ0) is 12.4. The maximum absolute atomic E-state index is 12.0. The molecule has 0 spiro atoms. The number of anilines is 1. The van der Waals surface area contributed by atoms with E-state index in [1.165, 1.54) is 6.42 Å². The highest BCUT2D eigenvalue weighted by Gasteiger charge is 2.32. The minimum atomic E-state index is -0.139. The second-order valence-corrected chi connectivity index (χ2v) is 4.95. The van der Waals surface area contributed by atoms with Crippen LogP contribution in [0.2, 0.25) is 5.02 Å². The van der Waals surface area contributed by atoms with Gasteiger partial charge in [-0.15, -0.1) is 0 Å². The molecule has 4 N–H and O–H groups in total. The van der Waals surface area contributed by atoms with Gasteiger partial charge in [-0.25, -0.2) is 0 Å². The highest BCUT2D eigenvalue weighted by atomic mass is 35.5. The molecule has 1 aromatic carbocycles. The maximum Gasteiger partial charge on any atom is 0.253 e. The lowest BCUT2D eigenvalue weighted by Gasteiger charge is -2.09. The molecule has 0 saturated heterocycles. The van der Waals surface area contributed by atoms with Gasteiger partial charge in [0.25, 0.3) is 5.91 Å². The lowest BCUT2D eigenvalue weighted by molar-refractivity contribution is 0.0952. The number of nitrogen functional groups attached to an aromatic ring is 1. The summed E-state index contributed by atoms with van der Waals surface area (Å²) >= 11 is 5.87. The number of hydrazine groups is 1. The van der Waals surface area contributed by atoms with Gasteiger partial charge < -0.3 is 10.7 Å². The summed E-state index contributed by atoms with van der Waals surface area (Å²) in [5.41, 5.74) is 3.56. The largest absolute Gasteiger partial charge is 0.352 e. The number of amides is 1. The molecule has 5 heteroatoms. The third kappa shape index (κ3) is 2.90.